The van der Waals surface area contributed by atoms with Gasteiger partial charge in [0.25, 0.3) is 0 Å². The van der Waals surface area contributed by atoms with E-state index < -0.39 is 0 Å². The molecule has 1 aromatic rings. The molecule has 18 heavy (non-hydrogen) atoms. The molecule has 0 saturated carbocycles. The molecule has 2 rings (SSSR count). The first-order valence-electron chi connectivity index (χ1n) is 6.21. The largest absolute Gasteiger partial charge is 0.294 e. The summed E-state index contributed by atoms with van der Waals surface area (Å²) in [5.74, 6) is 3.43. The zero-order chi connectivity index (χ0) is 12.3. The summed E-state index contributed by atoms with van der Waals surface area (Å²) in [7, 11) is 0. The Morgan fingerprint density at radius 1 is 1.28 bits per heavy atom. The summed E-state index contributed by atoms with van der Waals surface area (Å²) in [6.07, 6.45) is 1.03. The summed E-state index contributed by atoms with van der Waals surface area (Å²) in [6.45, 7) is 9.69. The van der Waals surface area contributed by atoms with Crippen molar-refractivity contribution in [3.63, 3.8) is 0 Å². The number of hydrogen-bond acceptors (Lipinski definition) is 5. The van der Waals surface area contributed by atoms with Gasteiger partial charge in [0.2, 0.25) is 0 Å². The highest BCUT2D eigenvalue weighted by Crippen LogP contribution is 2.20. The minimum absolute atomic E-state index is 0. The standard InChI is InChI=1S/C11H21N5S.ClH/c1-4-11(2,3)16-10(12-13-14-16)9-15-5-7-17-8-6-15;/h4-9H2,1-3H3;1H. The number of nitrogens with zero attached hydrogens (tertiary/aromatic N) is 5. The molecule has 1 saturated heterocycles. The molecule has 0 amide bonds. The number of rotatable bonds is 4. The van der Waals surface area contributed by atoms with Crippen molar-refractivity contribution in [3.8, 4) is 0 Å². The quantitative estimate of drug-likeness (QED) is 0.846. The fraction of sp³-hybridized carbons (Fsp3) is 0.909. The highest BCUT2D eigenvalue weighted by molar-refractivity contribution is 7.99. The normalized spacial score (nSPS) is 17.5. The Labute approximate surface area is 119 Å². The molecule has 1 aromatic heterocycles. The van der Waals surface area contributed by atoms with Crippen LogP contribution >= 0.6 is 24.2 Å². The van der Waals surface area contributed by atoms with Crippen molar-refractivity contribution < 1.29 is 0 Å². The van der Waals surface area contributed by atoms with Crippen molar-refractivity contribution >= 4 is 24.2 Å². The van der Waals surface area contributed by atoms with Crippen LogP contribution in [0.25, 0.3) is 0 Å². The van der Waals surface area contributed by atoms with Crippen LogP contribution in [0.1, 0.15) is 33.0 Å². The number of thioether (sulfide) groups is 1. The van der Waals surface area contributed by atoms with E-state index in [1.54, 1.807) is 0 Å². The maximum Gasteiger partial charge on any atom is 0.165 e. The van der Waals surface area contributed by atoms with Crippen molar-refractivity contribution in [2.24, 2.45) is 0 Å². The Hall–Kier alpha value is -0.330. The molecule has 0 bridgehead atoms. The average molecular weight is 292 g/mol. The molecule has 0 N–H and O–H groups in total. The van der Waals surface area contributed by atoms with Gasteiger partial charge in [-0.25, -0.2) is 4.68 Å². The van der Waals surface area contributed by atoms with Gasteiger partial charge in [-0.05, 0) is 30.7 Å². The van der Waals surface area contributed by atoms with Gasteiger partial charge in [0.1, 0.15) is 0 Å². The van der Waals surface area contributed by atoms with Crippen LogP contribution in [0.15, 0.2) is 0 Å². The van der Waals surface area contributed by atoms with Crippen LogP contribution in [0, 0.1) is 0 Å². The molecule has 1 aliphatic heterocycles. The minimum Gasteiger partial charge on any atom is -0.294 e. The van der Waals surface area contributed by atoms with E-state index in [9.17, 15) is 0 Å². The zero-order valence-corrected chi connectivity index (χ0v) is 12.9. The fourth-order valence-corrected chi connectivity index (χ4v) is 2.86. The van der Waals surface area contributed by atoms with Gasteiger partial charge in [-0.3, -0.25) is 4.90 Å². The Bertz CT molecular complexity index is 362. The van der Waals surface area contributed by atoms with Crippen LogP contribution in [-0.4, -0.2) is 49.7 Å². The lowest BCUT2D eigenvalue weighted by molar-refractivity contribution is 0.245. The van der Waals surface area contributed by atoms with Crippen LogP contribution in [0.2, 0.25) is 0 Å². The lowest BCUT2D eigenvalue weighted by atomic mass is 10.0. The van der Waals surface area contributed by atoms with E-state index in [0.717, 1.165) is 31.9 Å². The third-order valence-electron chi connectivity index (χ3n) is 3.44. The highest BCUT2D eigenvalue weighted by Gasteiger charge is 2.24. The van der Waals surface area contributed by atoms with Crippen molar-refractivity contribution in [1.82, 2.24) is 25.1 Å². The average Bonchev–Trinajstić information content (AvgIpc) is 2.79. The second-order valence-corrected chi connectivity index (χ2v) is 6.29. The Morgan fingerprint density at radius 3 is 2.56 bits per heavy atom. The summed E-state index contributed by atoms with van der Waals surface area (Å²) in [5.41, 5.74) is 0.00334. The molecule has 0 aromatic carbocycles. The van der Waals surface area contributed by atoms with Crippen LogP contribution in [-0.2, 0) is 12.1 Å². The third-order valence-corrected chi connectivity index (χ3v) is 4.38. The number of tetrazole rings is 1. The van der Waals surface area contributed by atoms with E-state index in [0.29, 0.717) is 0 Å². The van der Waals surface area contributed by atoms with E-state index in [2.05, 4.69) is 41.2 Å². The summed E-state index contributed by atoms with van der Waals surface area (Å²) in [4.78, 5) is 2.43. The third kappa shape index (κ3) is 3.59. The van der Waals surface area contributed by atoms with Crippen molar-refractivity contribution in [2.45, 2.75) is 39.3 Å². The first-order valence-corrected chi connectivity index (χ1v) is 7.37. The SMILES string of the molecule is CCC(C)(C)n1nnnc1CN1CCSCC1.Cl. The second kappa shape index (κ2) is 6.73. The molecule has 0 aliphatic carbocycles. The van der Waals surface area contributed by atoms with E-state index >= 15 is 0 Å². The molecule has 1 aliphatic rings. The molecule has 104 valence electrons. The molecule has 2 heterocycles. The topological polar surface area (TPSA) is 46.8 Å². The van der Waals surface area contributed by atoms with Gasteiger partial charge >= 0.3 is 0 Å². The molecule has 1 fully saturated rings. The number of hydrogen-bond donors (Lipinski definition) is 0. The maximum atomic E-state index is 4.18. The van der Waals surface area contributed by atoms with E-state index in [1.807, 2.05) is 16.4 Å². The van der Waals surface area contributed by atoms with Gasteiger partial charge < -0.3 is 0 Å². The molecule has 0 unspecified atom stereocenters. The molecule has 7 heteroatoms. The molecular formula is C11H22ClN5S. The summed E-state index contributed by atoms with van der Waals surface area (Å²) in [5, 5.41) is 12.2. The van der Waals surface area contributed by atoms with Crippen LogP contribution in [0.4, 0.5) is 0 Å². The summed E-state index contributed by atoms with van der Waals surface area (Å²) in [6, 6.07) is 0. The molecule has 0 radical (unpaired) electrons. The maximum absolute atomic E-state index is 4.18. The molecule has 5 nitrogen and oxygen atoms in total. The highest BCUT2D eigenvalue weighted by atomic mass is 35.5. The number of halogens is 1. The van der Waals surface area contributed by atoms with Crippen molar-refractivity contribution in [2.75, 3.05) is 24.6 Å². The number of aromatic nitrogens is 4. The van der Waals surface area contributed by atoms with E-state index in [4.69, 9.17) is 0 Å². The van der Waals surface area contributed by atoms with E-state index in [-0.39, 0.29) is 17.9 Å². The minimum atomic E-state index is 0. The lowest BCUT2D eigenvalue weighted by Crippen LogP contribution is -2.35. The zero-order valence-electron chi connectivity index (χ0n) is 11.3. The summed E-state index contributed by atoms with van der Waals surface area (Å²) >= 11 is 2.03. The Kier molecular flexibility index (Phi) is 5.88. The van der Waals surface area contributed by atoms with Gasteiger partial charge in [-0.1, -0.05) is 6.92 Å². The van der Waals surface area contributed by atoms with Crippen LogP contribution in [0.3, 0.4) is 0 Å². The molecule has 0 atom stereocenters. The van der Waals surface area contributed by atoms with Crippen molar-refractivity contribution in [3.05, 3.63) is 5.82 Å². The first kappa shape index (κ1) is 15.7. The summed E-state index contributed by atoms with van der Waals surface area (Å²) < 4.78 is 1.98. The first-order chi connectivity index (χ1) is 8.13. The van der Waals surface area contributed by atoms with Gasteiger partial charge in [-0.15, -0.1) is 17.5 Å². The van der Waals surface area contributed by atoms with Gasteiger partial charge in [0, 0.05) is 24.6 Å². The van der Waals surface area contributed by atoms with Gasteiger partial charge in [-0.2, -0.15) is 11.8 Å². The predicted octanol–water partition coefficient (Wildman–Crippen LogP) is 1.79. The predicted molar refractivity (Wildman–Crippen MR) is 77.3 cm³/mol. The monoisotopic (exact) mass is 291 g/mol. The smallest absolute Gasteiger partial charge is 0.165 e. The molecule has 0 spiro atoms. The van der Waals surface area contributed by atoms with Crippen LogP contribution in [0.5, 0.6) is 0 Å². The second-order valence-electron chi connectivity index (χ2n) is 5.06. The lowest BCUT2D eigenvalue weighted by Gasteiger charge is -2.28. The van der Waals surface area contributed by atoms with Gasteiger partial charge in [0.15, 0.2) is 5.82 Å². The fourth-order valence-electron chi connectivity index (χ4n) is 1.88. The van der Waals surface area contributed by atoms with Gasteiger partial charge in [0.05, 0.1) is 12.1 Å². The van der Waals surface area contributed by atoms with Crippen LogP contribution < -0.4 is 0 Å². The van der Waals surface area contributed by atoms with Crippen molar-refractivity contribution in [1.29, 1.82) is 0 Å². The Morgan fingerprint density at radius 2 is 1.94 bits per heavy atom. The Balaban J connectivity index is 0.00000162. The van der Waals surface area contributed by atoms with E-state index in [1.165, 1.54) is 11.5 Å². The molecular weight excluding hydrogens is 270 g/mol.